The summed E-state index contributed by atoms with van der Waals surface area (Å²) in [5.41, 5.74) is -0.170. The molecular formula is C19H20O9. The highest BCUT2D eigenvalue weighted by atomic mass is 16.5. The lowest BCUT2D eigenvalue weighted by molar-refractivity contribution is -0.141. The molecule has 1 atom stereocenters. The van der Waals surface area contributed by atoms with Gasteiger partial charge in [-0.05, 0) is 24.6 Å². The van der Waals surface area contributed by atoms with Crippen molar-refractivity contribution in [2.75, 3.05) is 20.8 Å². The zero-order valence-electron chi connectivity index (χ0n) is 15.6. The number of aryl methyl sites for hydroxylation is 1. The van der Waals surface area contributed by atoms with Crippen LogP contribution in [0.5, 0.6) is 17.2 Å². The number of esters is 1. The van der Waals surface area contributed by atoms with Gasteiger partial charge in [0.1, 0.15) is 5.76 Å². The first-order valence-electron chi connectivity index (χ1n) is 8.19. The van der Waals surface area contributed by atoms with E-state index in [0.29, 0.717) is 5.56 Å². The molecule has 0 fully saturated rings. The Labute approximate surface area is 160 Å². The molecule has 150 valence electrons. The van der Waals surface area contributed by atoms with Crippen LogP contribution in [0.25, 0.3) is 0 Å². The fraction of sp³-hybridized carbons (Fsp3) is 0.316. The van der Waals surface area contributed by atoms with Crippen LogP contribution in [0.3, 0.4) is 0 Å². The highest BCUT2D eigenvalue weighted by Crippen LogP contribution is 2.37. The molecule has 2 aromatic rings. The summed E-state index contributed by atoms with van der Waals surface area (Å²) in [5, 5.41) is 18.9. The molecule has 0 aliphatic carbocycles. The van der Waals surface area contributed by atoms with Crippen molar-refractivity contribution in [3.05, 3.63) is 51.6 Å². The molecule has 28 heavy (non-hydrogen) atoms. The van der Waals surface area contributed by atoms with E-state index in [1.54, 1.807) is 13.0 Å². The predicted molar refractivity (Wildman–Crippen MR) is 96.0 cm³/mol. The molecule has 1 aromatic heterocycles. The Hall–Kier alpha value is -3.49. The number of hydrogen-bond acceptors (Lipinski definition) is 8. The zero-order chi connectivity index (χ0) is 20.8. The first-order chi connectivity index (χ1) is 13.3. The SMILES string of the molecule is COC(=O)C[C@H](c1ccc(OCC(=O)O)c(OC)c1)c1oc(C)cc(=O)c1O. The quantitative estimate of drug-likeness (QED) is 0.645. The third kappa shape index (κ3) is 4.81. The maximum Gasteiger partial charge on any atom is 0.341 e. The van der Waals surface area contributed by atoms with E-state index in [1.165, 1.54) is 26.4 Å². The van der Waals surface area contributed by atoms with Gasteiger partial charge in [0.2, 0.25) is 11.2 Å². The van der Waals surface area contributed by atoms with Crippen LogP contribution in [0.1, 0.15) is 29.4 Å². The molecule has 0 aliphatic heterocycles. The molecule has 9 heteroatoms. The highest BCUT2D eigenvalue weighted by Gasteiger charge is 2.27. The van der Waals surface area contributed by atoms with Crippen molar-refractivity contribution in [3.8, 4) is 17.2 Å². The first-order valence-corrected chi connectivity index (χ1v) is 8.19. The number of methoxy groups -OCH3 is 2. The van der Waals surface area contributed by atoms with Crippen molar-refractivity contribution in [3.63, 3.8) is 0 Å². The normalized spacial score (nSPS) is 11.5. The molecule has 0 radical (unpaired) electrons. The van der Waals surface area contributed by atoms with Gasteiger partial charge < -0.3 is 28.8 Å². The number of benzene rings is 1. The fourth-order valence-electron chi connectivity index (χ4n) is 2.63. The van der Waals surface area contributed by atoms with Gasteiger partial charge in [-0.3, -0.25) is 9.59 Å². The van der Waals surface area contributed by atoms with Gasteiger partial charge >= 0.3 is 11.9 Å². The monoisotopic (exact) mass is 392 g/mol. The summed E-state index contributed by atoms with van der Waals surface area (Å²) in [4.78, 5) is 34.6. The van der Waals surface area contributed by atoms with Crippen molar-refractivity contribution >= 4 is 11.9 Å². The summed E-state index contributed by atoms with van der Waals surface area (Å²) in [6.45, 7) is 0.984. The van der Waals surface area contributed by atoms with Crippen molar-refractivity contribution in [1.29, 1.82) is 0 Å². The summed E-state index contributed by atoms with van der Waals surface area (Å²) in [7, 11) is 2.58. The maximum atomic E-state index is 12.0. The molecule has 0 spiro atoms. The largest absolute Gasteiger partial charge is 0.502 e. The smallest absolute Gasteiger partial charge is 0.341 e. The van der Waals surface area contributed by atoms with Gasteiger partial charge in [0.05, 0.1) is 26.6 Å². The Morgan fingerprint density at radius 3 is 2.50 bits per heavy atom. The molecule has 0 aliphatic rings. The minimum Gasteiger partial charge on any atom is -0.502 e. The fourth-order valence-corrected chi connectivity index (χ4v) is 2.63. The summed E-state index contributed by atoms with van der Waals surface area (Å²) >= 11 is 0. The van der Waals surface area contributed by atoms with Crippen LogP contribution in [0.4, 0.5) is 0 Å². The van der Waals surface area contributed by atoms with Gasteiger partial charge in [0, 0.05) is 6.07 Å². The Kier molecular flexibility index (Phi) is 6.64. The maximum absolute atomic E-state index is 12.0. The molecule has 1 heterocycles. The van der Waals surface area contributed by atoms with E-state index < -0.39 is 35.6 Å². The van der Waals surface area contributed by atoms with Crippen molar-refractivity contribution in [2.24, 2.45) is 0 Å². The lowest BCUT2D eigenvalue weighted by Crippen LogP contribution is -2.14. The summed E-state index contributed by atoms with van der Waals surface area (Å²) in [5.74, 6) is -2.62. The van der Waals surface area contributed by atoms with Gasteiger partial charge in [-0.1, -0.05) is 6.07 Å². The molecule has 9 nitrogen and oxygen atoms in total. The second-order valence-electron chi connectivity index (χ2n) is 5.86. The molecular weight excluding hydrogens is 372 g/mol. The Morgan fingerprint density at radius 1 is 1.18 bits per heavy atom. The van der Waals surface area contributed by atoms with Crippen molar-refractivity contribution < 1.29 is 38.4 Å². The Balaban J connectivity index is 2.54. The number of carbonyl (C=O) groups excluding carboxylic acids is 1. The van der Waals surface area contributed by atoms with Crippen LogP contribution in [0.2, 0.25) is 0 Å². The summed E-state index contributed by atoms with van der Waals surface area (Å²) in [6.07, 6.45) is -0.213. The molecule has 0 saturated heterocycles. The van der Waals surface area contributed by atoms with E-state index in [0.717, 1.165) is 6.07 Å². The highest BCUT2D eigenvalue weighted by molar-refractivity contribution is 5.71. The van der Waals surface area contributed by atoms with Crippen molar-refractivity contribution in [1.82, 2.24) is 0 Å². The minimum atomic E-state index is -1.15. The van der Waals surface area contributed by atoms with E-state index in [9.17, 15) is 19.5 Å². The Morgan fingerprint density at radius 2 is 1.89 bits per heavy atom. The number of aromatic hydroxyl groups is 1. The van der Waals surface area contributed by atoms with Gasteiger partial charge in [0.25, 0.3) is 0 Å². The number of ether oxygens (including phenoxy) is 3. The average Bonchev–Trinajstić information content (AvgIpc) is 2.67. The van der Waals surface area contributed by atoms with E-state index in [4.69, 9.17) is 23.7 Å². The summed E-state index contributed by atoms with van der Waals surface area (Å²) < 4.78 is 20.6. The van der Waals surface area contributed by atoms with Crippen LogP contribution in [0.15, 0.2) is 33.5 Å². The van der Waals surface area contributed by atoms with Gasteiger partial charge in [-0.2, -0.15) is 0 Å². The minimum absolute atomic E-state index is 0.0864. The summed E-state index contributed by atoms with van der Waals surface area (Å²) in [6, 6.07) is 5.66. The van der Waals surface area contributed by atoms with E-state index >= 15 is 0 Å². The van der Waals surface area contributed by atoms with Crippen molar-refractivity contribution in [2.45, 2.75) is 19.3 Å². The predicted octanol–water partition coefficient (Wildman–Crippen LogP) is 1.82. The van der Waals surface area contributed by atoms with E-state index in [-0.39, 0.29) is 29.4 Å². The topological polar surface area (TPSA) is 132 Å². The van der Waals surface area contributed by atoms with Crippen LogP contribution < -0.4 is 14.9 Å². The standard InChI is InChI=1S/C19H20O9/c1-10-6-13(20)18(24)19(28-10)12(8-17(23)26-3)11-4-5-14(15(7-11)25-2)27-9-16(21)22/h4-7,12,24H,8-9H2,1-3H3,(H,21,22)/t12-/m1/s1. The zero-order valence-corrected chi connectivity index (χ0v) is 15.6. The number of carbonyl (C=O) groups is 2. The number of hydrogen-bond donors (Lipinski definition) is 2. The van der Waals surface area contributed by atoms with Gasteiger partial charge in [-0.15, -0.1) is 0 Å². The van der Waals surface area contributed by atoms with Crippen LogP contribution in [0, 0.1) is 6.92 Å². The Bertz CT molecular complexity index is 929. The van der Waals surface area contributed by atoms with Crippen LogP contribution >= 0.6 is 0 Å². The second-order valence-corrected chi connectivity index (χ2v) is 5.86. The van der Waals surface area contributed by atoms with Crippen LogP contribution in [-0.2, 0) is 14.3 Å². The number of aliphatic carboxylic acids is 1. The lowest BCUT2D eigenvalue weighted by atomic mass is 9.92. The van der Waals surface area contributed by atoms with E-state index in [2.05, 4.69) is 0 Å². The van der Waals surface area contributed by atoms with Crippen LogP contribution in [-0.4, -0.2) is 43.0 Å². The van der Waals surface area contributed by atoms with E-state index in [1.807, 2.05) is 0 Å². The molecule has 0 saturated carbocycles. The number of carboxylic acids is 1. The molecule has 2 rings (SSSR count). The number of rotatable bonds is 8. The third-order valence-electron chi connectivity index (χ3n) is 3.93. The molecule has 0 amide bonds. The third-order valence-corrected chi connectivity index (χ3v) is 3.93. The molecule has 0 bridgehead atoms. The lowest BCUT2D eigenvalue weighted by Gasteiger charge is -2.18. The average molecular weight is 392 g/mol. The molecule has 0 unspecified atom stereocenters. The van der Waals surface area contributed by atoms with Gasteiger partial charge in [-0.25, -0.2) is 4.79 Å². The van der Waals surface area contributed by atoms with Gasteiger partial charge in [0.15, 0.2) is 23.9 Å². The molecule has 2 N–H and O–H groups in total. The second kappa shape index (κ2) is 8.94. The number of carboxylic acid groups (broad SMARTS) is 1. The first kappa shape index (κ1) is 20.8. The molecule has 1 aromatic carbocycles.